The molecule has 0 saturated heterocycles. The zero-order valence-corrected chi connectivity index (χ0v) is 23.4. The van der Waals surface area contributed by atoms with Crippen LogP contribution >= 0.6 is 0 Å². The summed E-state index contributed by atoms with van der Waals surface area (Å²) in [5.74, 6) is -2.36. The summed E-state index contributed by atoms with van der Waals surface area (Å²) in [6.07, 6.45) is 3.46. The van der Waals surface area contributed by atoms with Gasteiger partial charge in [0.1, 0.15) is 29.7 Å². The normalized spacial score (nSPS) is 17.5. The van der Waals surface area contributed by atoms with Gasteiger partial charge in [0.05, 0.1) is 11.7 Å². The Balaban J connectivity index is 1.41. The number of H-pyrrole nitrogens is 1. The van der Waals surface area contributed by atoms with Crippen LogP contribution < -0.4 is 4.74 Å². The maximum absolute atomic E-state index is 15.8. The predicted molar refractivity (Wildman–Crippen MR) is 151 cm³/mol. The molecule has 2 atom stereocenters. The van der Waals surface area contributed by atoms with Crippen LogP contribution in [-0.4, -0.2) is 44.2 Å². The van der Waals surface area contributed by atoms with Gasteiger partial charge >= 0.3 is 5.97 Å². The Morgan fingerprint density at radius 3 is 2.56 bits per heavy atom. The van der Waals surface area contributed by atoms with Crippen molar-refractivity contribution in [1.29, 1.82) is 0 Å². The highest BCUT2D eigenvalue weighted by Gasteiger charge is 2.41. The van der Waals surface area contributed by atoms with E-state index in [9.17, 15) is 9.18 Å². The van der Waals surface area contributed by atoms with Gasteiger partial charge in [-0.15, -0.1) is 0 Å². The number of carboxylic acid groups (broad SMARTS) is 1. The minimum absolute atomic E-state index is 0.00241. The lowest BCUT2D eigenvalue weighted by Gasteiger charge is -2.43. The molecule has 0 bridgehead atoms. The van der Waals surface area contributed by atoms with Crippen LogP contribution in [0.3, 0.4) is 0 Å². The van der Waals surface area contributed by atoms with Gasteiger partial charge in [0.25, 0.3) is 0 Å². The summed E-state index contributed by atoms with van der Waals surface area (Å²) in [6.45, 7) is 4.90. The zero-order chi connectivity index (χ0) is 29.3. The van der Waals surface area contributed by atoms with Crippen LogP contribution in [0.1, 0.15) is 67.7 Å². The number of nitrogens with one attached hydrogen (secondary N) is 1. The molecule has 3 heterocycles. The van der Waals surface area contributed by atoms with Crippen LogP contribution in [0.15, 0.2) is 54.7 Å². The molecule has 2 aromatic carbocycles. The minimum atomic E-state index is -1.58. The molecule has 41 heavy (non-hydrogen) atoms. The molecule has 5 rings (SSSR count). The third-order valence-electron chi connectivity index (χ3n) is 7.53. The Labute approximate surface area is 237 Å². The Morgan fingerprint density at radius 2 is 1.90 bits per heavy atom. The van der Waals surface area contributed by atoms with Crippen molar-refractivity contribution in [2.24, 2.45) is 0 Å². The summed E-state index contributed by atoms with van der Waals surface area (Å²) >= 11 is 0. The summed E-state index contributed by atoms with van der Waals surface area (Å²) in [5.41, 5.74) is 2.27. The lowest BCUT2D eigenvalue weighted by atomic mass is 9.87. The first kappa shape index (κ1) is 28.7. The van der Waals surface area contributed by atoms with Crippen molar-refractivity contribution in [3.63, 3.8) is 0 Å². The molecule has 216 valence electrons. The Hall–Kier alpha value is -3.85. The third kappa shape index (κ3) is 6.40. The fourth-order valence-electron chi connectivity index (χ4n) is 5.69. The van der Waals surface area contributed by atoms with Gasteiger partial charge in [-0.3, -0.25) is 14.7 Å². The number of aryl methyl sites for hydroxylation is 1. The van der Waals surface area contributed by atoms with Crippen molar-refractivity contribution < 1.29 is 27.8 Å². The number of para-hydroxylation sites is 1. The molecule has 0 amide bonds. The standard InChI is InChI=1S/C32H34F3N3O3/c1-19-13-24-23-8-4-5-9-27(23)37-30(24)31(38(19)18-32(2,3)35)29-25(33)14-22(15-26(29)34)41-17-21-12-11-20(16-36-21)7-6-10-28(39)40/h4-5,8-9,11-12,14-16,19,31,37H,6-7,10,13,17-18H2,1-3H3,(H,39,40)/t19-,31-/m1/s1. The second-order valence-corrected chi connectivity index (χ2v) is 11.4. The van der Waals surface area contributed by atoms with Gasteiger partial charge in [0, 0.05) is 59.5 Å². The number of aromatic amines is 1. The molecule has 0 fully saturated rings. The summed E-state index contributed by atoms with van der Waals surface area (Å²) < 4.78 is 52.3. The number of ether oxygens (including phenoxy) is 1. The quantitative estimate of drug-likeness (QED) is 0.218. The van der Waals surface area contributed by atoms with Crippen molar-refractivity contribution in [3.05, 3.63) is 94.4 Å². The number of aliphatic carboxylic acids is 1. The average Bonchev–Trinajstić information content (AvgIpc) is 3.26. The van der Waals surface area contributed by atoms with E-state index in [0.717, 1.165) is 22.0 Å². The average molecular weight is 566 g/mol. The molecule has 9 heteroatoms. The summed E-state index contributed by atoms with van der Waals surface area (Å²) in [6, 6.07) is 12.7. The van der Waals surface area contributed by atoms with E-state index in [1.807, 2.05) is 42.2 Å². The number of halogens is 3. The van der Waals surface area contributed by atoms with Crippen molar-refractivity contribution in [1.82, 2.24) is 14.9 Å². The van der Waals surface area contributed by atoms with E-state index in [4.69, 9.17) is 9.84 Å². The number of pyridine rings is 1. The first-order valence-electron chi connectivity index (χ1n) is 13.8. The van der Waals surface area contributed by atoms with E-state index in [2.05, 4.69) is 9.97 Å². The lowest BCUT2D eigenvalue weighted by Crippen LogP contribution is -2.48. The number of fused-ring (bicyclic) bond motifs is 3. The van der Waals surface area contributed by atoms with E-state index in [1.54, 1.807) is 12.3 Å². The molecule has 1 aliphatic rings. The van der Waals surface area contributed by atoms with E-state index < -0.39 is 29.3 Å². The maximum Gasteiger partial charge on any atom is 0.303 e. The summed E-state index contributed by atoms with van der Waals surface area (Å²) in [5, 5.41) is 9.78. The number of hydrogen-bond acceptors (Lipinski definition) is 4. The molecular formula is C32H34F3N3O3. The third-order valence-corrected chi connectivity index (χ3v) is 7.53. The van der Waals surface area contributed by atoms with Crippen LogP contribution in [0.4, 0.5) is 13.2 Å². The van der Waals surface area contributed by atoms with E-state index in [1.165, 1.54) is 26.0 Å². The van der Waals surface area contributed by atoms with E-state index in [-0.39, 0.29) is 36.9 Å². The Kier molecular flexibility index (Phi) is 8.09. The first-order chi connectivity index (χ1) is 19.5. The highest BCUT2D eigenvalue weighted by atomic mass is 19.1. The van der Waals surface area contributed by atoms with Gasteiger partial charge in [-0.2, -0.15) is 0 Å². The fourth-order valence-corrected chi connectivity index (χ4v) is 5.69. The molecule has 6 nitrogen and oxygen atoms in total. The van der Waals surface area contributed by atoms with E-state index in [0.29, 0.717) is 30.7 Å². The second kappa shape index (κ2) is 11.6. The highest BCUT2D eigenvalue weighted by Crippen LogP contribution is 2.43. The number of alkyl halides is 1. The van der Waals surface area contributed by atoms with Gasteiger partial charge in [0.2, 0.25) is 0 Å². The van der Waals surface area contributed by atoms with Gasteiger partial charge in [-0.1, -0.05) is 24.3 Å². The first-order valence-corrected chi connectivity index (χ1v) is 13.8. The van der Waals surface area contributed by atoms with Crippen molar-refractivity contribution >= 4 is 16.9 Å². The fraction of sp³-hybridized carbons (Fsp3) is 0.375. The number of carboxylic acids is 1. The van der Waals surface area contributed by atoms with Crippen LogP contribution in [0.2, 0.25) is 0 Å². The number of carbonyl (C=O) groups is 1. The molecule has 0 radical (unpaired) electrons. The van der Waals surface area contributed by atoms with Gasteiger partial charge in [0.15, 0.2) is 0 Å². The number of benzene rings is 2. The largest absolute Gasteiger partial charge is 0.487 e. The van der Waals surface area contributed by atoms with Crippen molar-refractivity contribution in [2.45, 2.75) is 70.8 Å². The monoisotopic (exact) mass is 565 g/mol. The van der Waals surface area contributed by atoms with Crippen LogP contribution in [0.5, 0.6) is 5.75 Å². The Morgan fingerprint density at radius 1 is 1.17 bits per heavy atom. The van der Waals surface area contributed by atoms with Crippen molar-refractivity contribution in [2.75, 3.05) is 6.54 Å². The molecular weight excluding hydrogens is 531 g/mol. The predicted octanol–water partition coefficient (Wildman–Crippen LogP) is 6.91. The van der Waals surface area contributed by atoms with E-state index >= 15 is 8.78 Å². The highest BCUT2D eigenvalue weighted by molar-refractivity contribution is 5.85. The topological polar surface area (TPSA) is 78.5 Å². The van der Waals surface area contributed by atoms with Crippen LogP contribution in [-0.2, 0) is 24.2 Å². The smallest absolute Gasteiger partial charge is 0.303 e. The number of hydrogen-bond donors (Lipinski definition) is 2. The van der Waals surface area contributed by atoms with Gasteiger partial charge in [-0.25, -0.2) is 13.2 Å². The van der Waals surface area contributed by atoms with Gasteiger partial charge < -0.3 is 14.8 Å². The number of nitrogens with zero attached hydrogens (tertiary/aromatic N) is 2. The molecule has 0 unspecified atom stereocenters. The molecule has 0 saturated carbocycles. The molecule has 2 N–H and O–H groups in total. The molecule has 2 aromatic heterocycles. The number of aromatic nitrogens is 2. The van der Waals surface area contributed by atoms with Crippen LogP contribution in [0, 0.1) is 11.6 Å². The summed E-state index contributed by atoms with van der Waals surface area (Å²) in [7, 11) is 0. The molecule has 1 aliphatic heterocycles. The van der Waals surface area contributed by atoms with Gasteiger partial charge in [-0.05, 0) is 63.3 Å². The summed E-state index contributed by atoms with van der Waals surface area (Å²) in [4.78, 5) is 20.2. The number of rotatable bonds is 10. The maximum atomic E-state index is 15.8. The molecule has 0 aliphatic carbocycles. The second-order valence-electron chi connectivity index (χ2n) is 11.4. The van der Waals surface area contributed by atoms with Crippen molar-refractivity contribution in [3.8, 4) is 5.75 Å². The zero-order valence-electron chi connectivity index (χ0n) is 23.4. The van der Waals surface area contributed by atoms with Crippen LogP contribution in [0.25, 0.3) is 10.9 Å². The SMILES string of the molecule is C[C@@H]1Cc2c([nH]c3ccccc23)[C@@H](c2c(F)cc(OCc3ccc(CCCC(=O)O)cn3)cc2F)N1CC(C)(C)F. The molecule has 4 aromatic rings. The lowest BCUT2D eigenvalue weighted by molar-refractivity contribution is -0.137. The minimum Gasteiger partial charge on any atom is -0.487 e. The Bertz CT molecular complexity index is 1520. The molecule has 0 spiro atoms.